The molecule has 0 saturated heterocycles. The van der Waals surface area contributed by atoms with Gasteiger partial charge in [-0.05, 0) is 63.4 Å². The number of fused-ring (bicyclic) bond motifs is 2. The smallest absolute Gasteiger partial charge is 0.0182 e. The summed E-state index contributed by atoms with van der Waals surface area (Å²) in [6.07, 6.45) is 13.3. The summed E-state index contributed by atoms with van der Waals surface area (Å²) in [5.74, 6) is 0. The second kappa shape index (κ2) is 7.27. The molecule has 2 aromatic carbocycles. The lowest BCUT2D eigenvalue weighted by Gasteiger charge is -2.23. The first kappa shape index (κ1) is 18.5. The van der Waals surface area contributed by atoms with Crippen molar-refractivity contribution in [3.63, 3.8) is 0 Å². The molecule has 4 rings (SSSR count). The van der Waals surface area contributed by atoms with Gasteiger partial charge in [0.05, 0.1) is 0 Å². The number of halogens is 1. The molecule has 0 N–H and O–H groups in total. The van der Waals surface area contributed by atoms with Gasteiger partial charge in [0, 0.05) is 9.84 Å². The Labute approximate surface area is 176 Å². The fraction of sp³-hybridized carbons (Fsp3) is 0.231. The summed E-state index contributed by atoms with van der Waals surface area (Å²) in [4.78, 5) is 0. The van der Waals surface area contributed by atoms with Crippen LogP contribution in [0.15, 0.2) is 72.9 Å². The lowest BCUT2D eigenvalue weighted by atomic mass is 9.81. The Hall–Kier alpha value is -1.87. The summed E-state index contributed by atoms with van der Waals surface area (Å²) in [5, 5.41) is 0. The van der Waals surface area contributed by atoms with Crippen LogP contribution in [0.3, 0.4) is 0 Å². The van der Waals surface area contributed by atoms with Crippen LogP contribution in [0.4, 0.5) is 0 Å². The number of rotatable bonds is 3. The molecule has 0 aromatic heterocycles. The third-order valence-electron chi connectivity index (χ3n) is 5.88. The highest BCUT2D eigenvalue weighted by Gasteiger charge is 2.37. The van der Waals surface area contributed by atoms with Crippen LogP contribution >= 0.6 is 22.6 Å². The molecule has 0 unspecified atom stereocenters. The van der Waals surface area contributed by atoms with E-state index in [0.717, 1.165) is 17.3 Å². The first-order valence-electron chi connectivity index (χ1n) is 9.61. The van der Waals surface area contributed by atoms with Gasteiger partial charge in [0.25, 0.3) is 0 Å². The van der Waals surface area contributed by atoms with E-state index < -0.39 is 0 Å². The van der Waals surface area contributed by atoms with Gasteiger partial charge in [-0.15, -0.1) is 0 Å². The van der Waals surface area contributed by atoms with Gasteiger partial charge in [0.1, 0.15) is 0 Å². The largest absolute Gasteiger partial charge is 0.0990 e. The van der Waals surface area contributed by atoms with E-state index in [4.69, 9.17) is 0 Å². The predicted octanol–water partition coefficient (Wildman–Crippen LogP) is 7.54. The number of hydrogen-bond acceptors (Lipinski definition) is 0. The molecule has 27 heavy (non-hydrogen) atoms. The Balaban J connectivity index is 1.91. The Kier molecular flexibility index (Phi) is 4.98. The van der Waals surface area contributed by atoms with Gasteiger partial charge in [-0.2, -0.15) is 0 Å². The maximum atomic E-state index is 3.94. The highest BCUT2D eigenvalue weighted by atomic mass is 127. The second-order valence-corrected chi connectivity index (χ2v) is 8.67. The van der Waals surface area contributed by atoms with E-state index in [1.807, 2.05) is 6.08 Å². The first-order chi connectivity index (χ1) is 13.1. The number of benzene rings is 2. The molecule has 0 aliphatic heterocycles. The van der Waals surface area contributed by atoms with Crippen LogP contribution < -0.4 is 0 Å². The van der Waals surface area contributed by atoms with Crippen molar-refractivity contribution >= 4 is 34.2 Å². The minimum Gasteiger partial charge on any atom is -0.0990 e. The summed E-state index contributed by atoms with van der Waals surface area (Å²) in [7, 11) is 0. The van der Waals surface area contributed by atoms with Crippen LogP contribution in [0.2, 0.25) is 0 Å². The zero-order chi connectivity index (χ0) is 19.0. The number of aryl methyl sites for hydroxylation is 1. The molecular weight excluding hydrogens is 439 g/mol. The average molecular weight is 464 g/mol. The molecule has 0 amide bonds. The van der Waals surface area contributed by atoms with Gasteiger partial charge in [-0.25, -0.2) is 0 Å². The van der Waals surface area contributed by atoms with Crippen molar-refractivity contribution in [3.8, 4) is 11.1 Å². The van der Waals surface area contributed by atoms with E-state index in [1.165, 1.54) is 44.5 Å². The molecule has 0 saturated carbocycles. The molecule has 0 spiro atoms. The fourth-order valence-electron chi connectivity index (χ4n) is 4.55. The number of allylic oxidation sites excluding steroid dienone is 6. The van der Waals surface area contributed by atoms with Crippen LogP contribution in [-0.2, 0) is 11.8 Å². The Morgan fingerprint density at radius 1 is 1.15 bits per heavy atom. The summed E-state index contributed by atoms with van der Waals surface area (Å²) in [5.41, 5.74) is 11.0. The van der Waals surface area contributed by atoms with E-state index >= 15 is 0 Å². The topological polar surface area (TPSA) is 0 Å². The van der Waals surface area contributed by atoms with Gasteiger partial charge in [-0.3, -0.25) is 0 Å². The standard InChI is InChI=1S/C26H25I/c1-4-8-22-23-14-13-19(17-25(23)26(2,3)24(22)15-16-27)21-12-7-10-18-9-5-6-11-20(18)21/h4,6-8,10-15,17H,1,5,9,16H2,2-3H3/b22-8-,24-15+. The molecule has 2 aromatic rings. The van der Waals surface area contributed by atoms with Crippen molar-refractivity contribution in [2.45, 2.75) is 32.1 Å². The van der Waals surface area contributed by atoms with Gasteiger partial charge < -0.3 is 0 Å². The van der Waals surface area contributed by atoms with E-state index in [9.17, 15) is 0 Å². The maximum Gasteiger partial charge on any atom is 0.0182 e. The molecule has 0 bridgehead atoms. The molecule has 2 aliphatic rings. The van der Waals surface area contributed by atoms with E-state index in [-0.39, 0.29) is 5.41 Å². The molecule has 0 radical (unpaired) electrons. The normalized spacial score (nSPS) is 20.0. The summed E-state index contributed by atoms with van der Waals surface area (Å²) < 4.78 is 1.02. The average Bonchev–Trinajstić information content (AvgIpc) is 2.89. The van der Waals surface area contributed by atoms with Crippen molar-refractivity contribution in [1.29, 1.82) is 0 Å². The highest BCUT2D eigenvalue weighted by Crippen LogP contribution is 2.50. The van der Waals surface area contributed by atoms with E-state index in [1.54, 1.807) is 0 Å². The third-order valence-corrected chi connectivity index (χ3v) is 6.33. The van der Waals surface area contributed by atoms with Crippen molar-refractivity contribution < 1.29 is 0 Å². The third kappa shape index (κ3) is 3.06. The van der Waals surface area contributed by atoms with Crippen LogP contribution in [0.25, 0.3) is 22.8 Å². The van der Waals surface area contributed by atoms with Gasteiger partial charge in [0.15, 0.2) is 0 Å². The molecule has 1 heteroatoms. The quantitative estimate of drug-likeness (QED) is 0.325. The van der Waals surface area contributed by atoms with Gasteiger partial charge in [-0.1, -0.05) is 104 Å². The highest BCUT2D eigenvalue weighted by molar-refractivity contribution is 14.1. The lowest BCUT2D eigenvalue weighted by Crippen LogP contribution is -2.15. The fourth-order valence-corrected chi connectivity index (χ4v) is 4.99. The van der Waals surface area contributed by atoms with E-state index in [0.29, 0.717) is 0 Å². The Morgan fingerprint density at radius 3 is 2.78 bits per heavy atom. The summed E-state index contributed by atoms with van der Waals surface area (Å²) in [6.45, 7) is 8.63. The summed E-state index contributed by atoms with van der Waals surface area (Å²) in [6, 6.07) is 13.7. The molecule has 2 aliphatic carbocycles. The molecule has 136 valence electrons. The molecule has 0 atom stereocenters. The zero-order valence-electron chi connectivity index (χ0n) is 16.1. The van der Waals surface area contributed by atoms with Crippen LogP contribution in [0, 0.1) is 0 Å². The first-order valence-corrected chi connectivity index (χ1v) is 11.1. The SMILES string of the molecule is C=C/C=C1\C(=C/CI)C(C)(C)c2cc(-c3cccc4c3C=CCC4)ccc21. The van der Waals surface area contributed by atoms with Crippen molar-refractivity contribution in [3.05, 3.63) is 95.1 Å². The van der Waals surface area contributed by atoms with Crippen molar-refractivity contribution in [2.24, 2.45) is 0 Å². The molecule has 0 fully saturated rings. The molecular formula is C26H25I. The van der Waals surface area contributed by atoms with Crippen LogP contribution in [0.5, 0.6) is 0 Å². The second-order valence-electron chi connectivity index (χ2n) is 7.79. The van der Waals surface area contributed by atoms with Gasteiger partial charge in [0.2, 0.25) is 0 Å². The Morgan fingerprint density at radius 2 is 2.00 bits per heavy atom. The number of hydrogen-bond donors (Lipinski definition) is 0. The van der Waals surface area contributed by atoms with E-state index in [2.05, 4.69) is 104 Å². The van der Waals surface area contributed by atoms with Crippen molar-refractivity contribution in [1.82, 2.24) is 0 Å². The van der Waals surface area contributed by atoms with Crippen LogP contribution in [0.1, 0.15) is 42.5 Å². The zero-order valence-corrected chi connectivity index (χ0v) is 18.2. The monoisotopic (exact) mass is 464 g/mol. The minimum atomic E-state index is 0.00996. The predicted molar refractivity (Wildman–Crippen MR) is 127 cm³/mol. The molecule has 0 nitrogen and oxygen atoms in total. The van der Waals surface area contributed by atoms with Crippen molar-refractivity contribution in [2.75, 3.05) is 4.43 Å². The maximum absolute atomic E-state index is 3.94. The summed E-state index contributed by atoms with van der Waals surface area (Å²) >= 11 is 2.43. The van der Waals surface area contributed by atoms with Gasteiger partial charge >= 0.3 is 0 Å². The minimum absolute atomic E-state index is 0.00996. The number of alkyl halides is 1. The van der Waals surface area contributed by atoms with Crippen LogP contribution in [-0.4, -0.2) is 4.43 Å². The molecule has 0 heterocycles. The Bertz CT molecular complexity index is 999. The lowest BCUT2D eigenvalue weighted by molar-refractivity contribution is 0.660.